The number of carbonyl (C=O) groups is 1. The van der Waals surface area contributed by atoms with E-state index in [2.05, 4.69) is 16.1 Å². The highest BCUT2D eigenvalue weighted by Crippen LogP contribution is 2.33. The molecule has 0 saturated heterocycles. The van der Waals surface area contributed by atoms with Crippen LogP contribution in [0.15, 0.2) is 49.2 Å². The number of aromatic nitrogens is 2. The molecule has 0 spiro atoms. The first kappa shape index (κ1) is 24.4. The average molecular weight is 446 g/mol. The van der Waals surface area contributed by atoms with E-state index < -0.39 is 11.7 Å². The highest BCUT2D eigenvalue weighted by Gasteiger charge is 2.27. The Morgan fingerprint density at radius 2 is 1.87 bits per heavy atom. The van der Waals surface area contributed by atoms with Crippen molar-refractivity contribution < 1.29 is 13.9 Å². The van der Waals surface area contributed by atoms with E-state index in [4.69, 9.17) is 4.74 Å². The number of nitrogens with zero attached hydrogens (tertiary/aromatic N) is 3. The molecule has 7 heteroatoms. The smallest absolute Gasteiger partial charge is 0.415 e. The summed E-state index contributed by atoms with van der Waals surface area (Å²) in [6, 6.07) is 7.93. The van der Waals surface area contributed by atoms with E-state index in [1.165, 1.54) is 12.1 Å². The zero-order valence-corrected chi connectivity index (χ0v) is 19.4. The van der Waals surface area contributed by atoms with Crippen molar-refractivity contribution in [3.63, 3.8) is 0 Å². The van der Waals surface area contributed by atoms with Crippen LogP contribution in [0, 0.1) is 19.7 Å². The molecule has 0 aliphatic carbocycles. The SMILES string of the molecule is C=CCn1c(C)c(C)c2nccc(N(Cc3ccc(F)cc3)C(=O)OC(C)(C)C)c21.Cl. The van der Waals surface area contributed by atoms with Crippen molar-refractivity contribution in [1.29, 1.82) is 0 Å². The molecule has 3 aromatic rings. The molecule has 5 nitrogen and oxygen atoms in total. The van der Waals surface area contributed by atoms with Crippen molar-refractivity contribution in [2.24, 2.45) is 0 Å². The first-order valence-corrected chi connectivity index (χ1v) is 9.92. The van der Waals surface area contributed by atoms with Crippen LogP contribution in [0.4, 0.5) is 14.9 Å². The number of amides is 1. The Bertz CT molecular complexity index is 1080. The van der Waals surface area contributed by atoms with E-state index in [0.717, 1.165) is 27.9 Å². The van der Waals surface area contributed by atoms with Crippen LogP contribution in [0.25, 0.3) is 11.0 Å². The second-order valence-electron chi connectivity index (χ2n) is 8.33. The number of ether oxygens (including phenoxy) is 1. The molecule has 0 fully saturated rings. The van der Waals surface area contributed by atoms with Crippen molar-refractivity contribution in [3.8, 4) is 0 Å². The van der Waals surface area contributed by atoms with Gasteiger partial charge >= 0.3 is 6.09 Å². The summed E-state index contributed by atoms with van der Waals surface area (Å²) >= 11 is 0. The van der Waals surface area contributed by atoms with Crippen LogP contribution in [0.1, 0.15) is 37.6 Å². The molecule has 0 atom stereocenters. The molecular weight excluding hydrogens is 417 g/mol. The molecule has 3 rings (SSSR count). The first-order chi connectivity index (χ1) is 14.1. The highest BCUT2D eigenvalue weighted by molar-refractivity contribution is 6.00. The summed E-state index contributed by atoms with van der Waals surface area (Å²) in [5, 5.41) is 0. The quantitative estimate of drug-likeness (QED) is 0.430. The fraction of sp³-hybridized carbons (Fsp3) is 0.333. The van der Waals surface area contributed by atoms with E-state index in [9.17, 15) is 9.18 Å². The van der Waals surface area contributed by atoms with Gasteiger partial charge < -0.3 is 9.30 Å². The zero-order valence-electron chi connectivity index (χ0n) is 18.6. The van der Waals surface area contributed by atoms with Gasteiger partial charge in [-0.15, -0.1) is 19.0 Å². The van der Waals surface area contributed by atoms with Crippen molar-refractivity contribution >= 4 is 35.2 Å². The van der Waals surface area contributed by atoms with Gasteiger partial charge in [-0.2, -0.15) is 0 Å². The third-order valence-electron chi connectivity index (χ3n) is 4.95. The van der Waals surface area contributed by atoms with Crippen LogP contribution < -0.4 is 4.90 Å². The number of carbonyl (C=O) groups excluding carboxylic acids is 1. The number of rotatable bonds is 5. The third-order valence-corrected chi connectivity index (χ3v) is 4.95. The molecule has 31 heavy (non-hydrogen) atoms. The number of fused-ring (bicyclic) bond motifs is 1. The molecular formula is C24H29ClFN3O2. The molecule has 0 N–H and O–H groups in total. The van der Waals surface area contributed by atoms with Crippen LogP contribution in [0.3, 0.4) is 0 Å². The second-order valence-corrected chi connectivity index (χ2v) is 8.33. The molecule has 0 aliphatic heterocycles. The van der Waals surface area contributed by atoms with Gasteiger partial charge in [0.1, 0.15) is 11.4 Å². The number of halogens is 2. The average Bonchev–Trinajstić information content (AvgIpc) is 2.92. The Morgan fingerprint density at radius 1 is 1.23 bits per heavy atom. The molecule has 0 aliphatic rings. The number of aryl methyl sites for hydroxylation is 1. The summed E-state index contributed by atoms with van der Waals surface area (Å²) in [6.45, 7) is 14.2. The van der Waals surface area contributed by atoms with Crippen LogP contribution in [0.2, 0.25) is 0 Å². The maximum atomic E-state index is 13.4. The molecule has 1 amide bonds. The van der Waals surface area contributed by atoms with Gasteiger partial charge in [-0.3, -0.25) is 9.88 Å². The van der Waals surface area contributed by atoms with E-state index in [1.807, 2.05) is 46.8 Å². The summed E-state index contributed by atoms with van der Waals surface area (Å²) in [7, 11) is 0. The lowest BCUT2D eigenvalue weighted by atomic mass is 10.1. The lowest BCUT2D eigenvalue weighted by Crippen LogP contribution is -2.36. The zero-order chi connectivity index (χ0) is 22.1. The molecule has 0 saturated carbocycles. The summed E-state index contributed by atoms with van der Waals surface area (Å²) < 4.78 is 21.2. The Morgan fingerprint density at radius 3 is 2.45 bits per heavy atom. The molecule has 2 heterocycles. The second kappa shape index (κ2) is 9.52. The molecule has 0 radical (unpaired) electrons. The number of hydrogen-bond acceptors (Lipinski definition) is 3. The molecule has 166 valence electrons. The van der Waals surface area contributed by atoms with E-state index in [0.29, 0.717) is 12.2 Å². The number of benzene rings is 1. The van der Waals surface area contributed by atoms with Crippen LogP contribution >= 0.6 is 12.4 Å². The van der Waals surface area contributed by atoms with Gasteiger partial charge in [0.25, 0.3) is 0 Å². The summed E-state index contributed by atoms with van der Waals surface area (Å²) in [6.07, 6.45) is 3.05. The molecule has 0 unspecified atom stereocenters. The number of hydrogen-bond donors (Lipinski definition) is 0. The molecule has 2 aromatic heterocycles. The largest absolute Gasteiger partial charge is 0.443 e. The van der Waals surface area contributed by atoms with Gasteiger partial charge in [0, 0.05) is 18.4 Å². The van der Waals surface area contributed by atoms with Gasteiger partial charge in [0.15, 0.2) is 0 Å². The van der Waals surface area contributed by atoms with Crippen molar-refractivity contribution in [3.05, 3.63) is 71.8 Å². The van der Waals surface area contributed by atoms with Crippen molar-refractivity contribution in [2.75, 3.05) is 4.90 Å². The molecule has 1 aromatic carbocycles. The predicted octanol–water partition coefficient (Wildman–Crippen LogP) is 6.34. The Labute approximate surface area is 188 Å². The fourth-order valence-corrected chi connectivity index (χ4v) is 3.44. The van der Waals surface area contributed by atoms with Crippen LogP contribution in [0.5, 0.6) is 0 Å². The standard InChI is InChI=1S/C24H28FN3O2.ClH/c1-7-14-27-17(3)16(2)21-22(27)20(12-13-26-21)28(23(29)30-24(4,5)6)15-18-8-10-19(25)11-9-18;/h7-13H,1,14-15H2,2-6H3;1H. The van der Waals surface area contributed by atoms with Gasteiger partial charge in [0.05, 0.1) is 23.3 Å². The Kier molecular flexibility index (Phi) is 7.49. The van der Waals surface area contributed by atoms with E-state index in [1.54, 1.807) is 23.2 Å². The van der Waals surface area contributed by atoms with Gasteiger partial charge in [-0.1, -0.05) is 18.2 Å². The summed E-state index contributed by atoms with van der Waals surface area (Å²) in [4.78, 5) is 19.4. The van der Waals surface area contributed by atoms with Gasteiger partial charge in [0.2, 0.25) is 0 Å². The minimum absolute atomic E-state index is 0. The number of allylic oxidation sites excluding steroid dienone is 1. The number of anilines is 1. The normalized spacial score (nSPS) is 11.2. The maximum Gasteiger partial charge on any atom is 0.415 e. The van der Waals surface area contributed by atoms with Crippen LogP contribution in [-0.2, 0) is 17.8 Å². The summed E-state index contributed by atoms with van der Waals surface area (Å²) in [5.41, 5.74) is 4.63. The first-order valence-electron chi connectivity index (χ1n) is 9.92. The topological polar surface area (TPSA) is 47.4 Å². The Balaban J connectivity index is 0.00000341. The van der Waals surface area contributed by atoms with Crippen molar-refractivity contribution in [2.45, 2.75) is 53.3 Å². The fourth-order valence-electron chi connectivity index (χ4n) is 3.44. The lowest BCUT2D eigenvalue weighted by molar-refractivity contribution is 0.0578. The Hall–Kier alpha value is -2.86. The minimum atomic E-state index is -0.654. The van der Waals surface area contributed by atoms with Crippen molar-refractivity contribution in [1.82, 2.24) is 9.55 Å². The third kappa shape index (κ3) is 5.25. The van der Waals surface area contributed by atoms with Crippen LogP contribution in [-0.4, -0.2) is 21.2 Å². The minimum Gasteiger partial charge on any atom is -0.443 e. The lowest BCUT2D eigenvalue weighted by Gasteiger charge is -2.28. The summed E-state index contributed by atoms with van der Waals surface area (Å²) in [5.74, 6) is -0.319. The van der Waals surface area contributed by atoms with Gasteiger partial charge in [-0.05, 0) is 63.9 Å². The predicted molar refractivity (Wildman–Crippen MR) is 125 cm³/mol. The maximum absolute atomic E-state index is 13.4. The van der Waals surface area contributed by atoms with E-state index >= 15 is 0 Å². The van der Waals surface area contributed by atoms with Gasteiger partial charge in [-0.25, -0.2) is 9.18 Å². The highest BCUT2D eigenvalue weighted by atomic mass is 35.5. The number of pyridine rings is 1. The van der Waals surface area contributed by atoms with E-state index in [-0.39, 0.29) is 24.8 Å². The monoisotopic (exact) mass is 445 g/mol. The molecule has 0 bridgehead atoms.